The molecule has 0 fully saturated rings. The van der Waals surface area contributed by atoms with E-state index in [1.54, 1.807) is 17.5 Å². The number of thiophene rings is 1. The lowest BCUT2D eigenvalue weighted by Crippen LogP contribution is -2.41. The number of amides is 2. The number of hydrogen-bond acceptors (Lipinski definition) is 4. The normalized spacial score (nSPS) is 9.95. The predicted octanol–water partition coefficient (Wildman–Crippen LogP) is 2.29. The number of hydrogen-bond donors (Lipinski definition) is 2. The fraction of sp³-hybridized carbons (Fsp3) is 0.200. The van der Waals surface area contributed by atoms with Crippen LogP contribution in [0.1, 0.15) is 21.7 Å². The van der Waals surface area contributed by atoms with Crippen molar-refractivity contribution < 1.29 is 14.3 Å². The van der Waals surface area contributed by atoms with Crippen molar-refractivity contribution in [2.45, 2.75) is 13.3 Å². The number of benzene rings is 1. The molecule has 0 atom stereocenters. The van der Waals surface area contributed by atoms with Gasteiger partial charge in [-0.05, 0) is 30.5 Å². The van der Waals surface area contributed by atoms with Gasteiger partial charge in [0.1, 0.15) is 5.75 Å². The molecule has 110 valence electrons. The Balaban J connectivity index is 1.66. The minimum Gasteiger partial charge on any atom is -0.493 e. The molecule has 0 aliphatic carbocycles. The molecule has 0 saturated carbocycles. The fourth-order valence-corrected chi connectivity index (χ4v) is 2.17. The summed E-state index contributed by atoms with van der Waals surface area (Å²) in [7, 11) is 0. The van der Waals surface area contributed by atoms with Gasteiger partial charge in [0.2, 0.25) is 5.91 Å². The van der Waals surface area contributed by atoms with Crippen LogP contribution in [0.4, 0.5) is 0 Å². The van der Waals surface area contributed by atoms with Crippen LogP contribution in [0.2, 0.25) is 0 Å². The number of nitrogens with one attached hydrogen (secondary N) is 2. The summed E-state index contributed by atoms with van der Waals surface area (Å²) in [5.41, 5.74) is 5.86. The van der Waals surface area contributed by atoms with E-state index in [1.807, 2.05) is 31.2 Å². The standard InChI is InChI=1S/C15H16N2O3S/c1-11-4-6-12(7-5-11)20-9-8-14(18)16-17-15(19)13-3-2-10-21-13/h2-7,10H,8-9H2,1H3,(H,16,18)(H,17,19). The molecular formula is C15H16N2O3S. The fourth-order valence-electron chi connectivity index (χ4n) is 1.55. The van der Waals surface area contributed by atoms with Gasteiger partial charge < -0.3 is 4.74 Å². The van der Waals surface area contributed by atoms with Crippen LogP contribution >= 0.6 is 11.3 Å². The summed E-state index contributed by atoms with van der Waals surface area (Å²) in [6.45, 7) is 2.25. The third-order valence-corrected chi connectivity index (χ3v) is 3.55. The van der Waals surface area contributed by atoms with Gasteiger partial charge in [0.25, 0.3) is 5.91 Å². The Morgan fingerprint density at radius 3 is 2.57 bits per heavy atom. The van der Waals surface area contributed by atoms with Gasteiger partial charge in [-0.1, -0.05) is 23.8 Å². The Hall–Kier alpha value is -2.34. The first-order valence-electron chi connectivity index (χ1n) is 6.47. The quantitative estimate of drug-likeness (QED) is 0.833. The molecule has 0 radical (unpaired) electrons. The second kappa shape index (κ2) is 7.44. The molecule has 0 unspecified atom stereocenters. The molecule has 2 rings (SSSR count). The van der Waals surface area contributed by atoms with Crippen LogP contribution in [-0.4, -0.2) is 18.4 Å². The molecule has 6 heteroatoms. The Morgan fingerprint density at radius 1 is 1.14 bits per heavy atom. The van der Waals surface area contributed by atoms with E-state index in [1.165, 1.54) is 11.3 Å². The summed E-state index contributed by atoms with van der Waals surface area (Å²) in [4.78, 5) is 23.7. The van der Waals surface area contributed by atoms with E-state index in [-0.39, 0.29) is 24.8 Å². The summed E-state index contributed by atoms with van der Waals surface area (Å²) in [5.74, 6) is 0.0980. The zero-order chi connectivity index (χ0) is 15.1. The number of ether oxygens (including phenoxy) is 1. The molecule has 0 saturated heterocycles. The zero-order valence-corrected chi connectivity index (χ0v) is 12.4. The van der Waals surface area contributed by atoms with Crippen LogP contribution in [0, 0.1) is 6.92 Å². The van der Waals surface area contributed by atoms with Crippen LogP contribution < -0.4 is 15.6 Å². The van der Waals surface area contributed by atoms with Gasteiger partial charge in [0.05, 0.1) is 17.9 Å². The smallest absolute Gasteiger partial charge is 0.279 e. The molecule has 1 aromatic carbocycles. The molecule has 0 aliphatic rings. The highest BCUT2D eigenvalue weighted by Gasteiger charge is 2.07. The highest BCUT2D eigenvalue weighted by Crippen LogP contribution is 2.11. The highest BCUT2D eigenvalue weighted by molar-refractivity contribution is 7.12. The Labute approximate surface area is 126 Å². The molecule has 1 aromatic heterocycles. The summed E-state index contributed by atoms with van der Waals surface area (Å²) < 4.78 is 5.44. The topological polar surface area (TPSA) is 67.4 Å². The van der Waals surface area contributed by atoms with Gasteiger partial charge in [0, 0.05) is 0 Å². The number of aryl methyl sites for hydroxylation is 1. The first-order chi connectivity index (χ1) is 10.1. The van der Waals surface area contributed by atoms with E-state index in [0.717, 1.165) is 11.3 Å². The first-order valence-corrected chi connectivity index (χ1v) is 7.35. The van der Waals surface area contributed by atoms with Gasteiger partial charge in [-0.2, -0.15) is 0 Å². The molecule has 0 bridgehead atoms. The van der Waals surface area contributed by atoms with Crippen LogP contribution in [-0.2, 0) is 4.79 Å². The van der Waals surface area contributed by atoms with Crippen LogP contribution in [0.15, 0.2) is 41.8 Å². The average molecular weight is 304 g/mol. The minimum absolute atomic E-state index is 0.165. The second-order valence-corrected chi connectivity index (χ2v) is 5.34. The maximum Gasteiger partial charge on any atom is 0.279 e. The van der Waals surface area contributed by atoms with Gasteiger partial charge in [-0.3, -0.25) is 20.4 Å². The van der Waals surface area contributed by atoms with E-state index >= 15 is 0 Å². The van der Waals surface area contributed by atoms with Crippen LogP contribution in [0.3, 0.4) is 0 Å². The summed E-state index contributed by atoms with van der Waals surface area (Å²) in [6, 6.07) is 11.0. The lowest BCUT2D eigenvalue weighted by molar-refractivity contribution is -0.122. The van der Waals surface area contributed by atoms with Crippen molar-refractivity contribution in [3.05, 3.63) is 52.2 Å². The third-order valence-electron chi connectivity index (χ3n) is 2.68. The van der Waals surface area contributed by atoms with Gasteiger partial charge in [-0.15, -0.1) is 11.3 Å². The van der Waals surface area contributed by atoms with Crippen molar-refractivity contribution in [3.8, 4) is 5.75 Å². The molecule has 2 N–H and O–H groups in total. The van der Waals surface area contributed by atoms with Crippen molar-refractivity contribution in [2.24, 2.45) is 0 Å². The van der Waals surface area contributed by atoms with E-state index in [9.17, 15) is 9.59 Å². The number of rotatable bonds is 5. The predicted molar refractivity (Wildman–Crippen MR) is 81.2 cm³/mol. The van der Waals surface area contributed by atoms with Crippen molar-refractivity contribution >= 4 is 23.2 Å². The highest BCUT2D eigenvalue weighted by atomic mass is 32.1. The van der Waals surface area contributed by atoms with Crippen molar-refractivity contribution in [1.29, 1.82) is 0 Å². The Morgan fingerprint density at radius 2 is 1.90 bits per heavy atom. The zero-order valence-electron chi connectivity index (χ0n) is 11.6. The average Bonchev–Trinajstić information content (AvgIpc) is 3.01. The van der Waals surface area contributed by atoms with Gasteiger partial charge >= 0.3 is 0 Å². The number of hydrazine groups is 1. The molecule has 0 spiro atoms. The lowest BCUT2D eigenvalue weighted by Gasteiger charge is -2.08. The number of carbonyl (C=O) groups excluding carboxylic acids is 2. The number of carbonyl (C=O) groups is 2. The van der Waals surface area contributed by atoms with E-state index in [0.29, 0.717) is 4.88 Å². The van der Waals surface area contributed by atoms with Gasteiger partial charge in [0.15, 0.2) is 0 Å². The van der Waals surface area contributed by atoms with Crippen molar-refractivity contribution in [1.82, 2.24) is 10.9 Å². The summed E-state index contributed by atoms with van der Waals surface area (Å²) >= 11 is 1.31. The summed E-state index contributed by atoms with van der Waals surface area (Å²) in [5, 5.41) is 1.80. The lowest BCUT2D eigenvalue weighted by atomic mass is 10.2. The van der Waals surface area contributed by atoms with Crippen LogP contribution in [0.5, 0.6) is 5.75 Å². The second-order valence-electron chi connectivity index (χ2n) is 4.39. The van der Waals surface area contributed by atoms with E-state index in [4.69, 9.17) is 4.74 Å². The molecule has 21 heavy (non-hydrogen) atoms. The van der Waals surface area contributed by atoms with Crippen molar-refractivity contribution in [3.63, 3.8) is 0 Å². The molecule has 0 aliphatic heterocycles. The molecule has 2 aromatic rings. The van der Waals surface area contributed by atoms with Gasteiger partial charge in [-0.25, -0.2) is 0 Å². The maximum atomic E-state index is 11.6. The SMILES string of the molecule is Cc1ccc(OCCC(=O)NNC(=O)c2cccs2)cc1. The Bertz CT molecular complexity index is 594. The summed E-state index contributed by atoms with van der Waals surface area (Å²) in [6.07, 6.45) is 0.165. The monoisotopic (exact) mass is 304 g/mol. The van der Waals surface area contributed by atoms with E-state index in [2.05, 4.69) is 10.9 Å². The molecule has 5 nitrogen and oxygen atoms in total. The van der Waals surface area contributed by atoms with E-state index < -0.39 is 0 Å². The molecular weight excluding hydrogens is 288 g/mol. The minimum atomic E-state index is -0.321. The molecule has 2 amide bonds. The maximum absolute atomic E-state index is 11.6. The largest absolute Gasteiger partial charge is 0.493 e. The third kappa shape index (κ3) is 4.92. The first kappa shape index (κ1) is 15.1. The molecule has 1 heterocycles. The Kier molecular flexibility index (Phi) is 5.34. The van der Waals surface area contributed by atoms with Crippen LogP contribution in [0.25, 0.3) is 0 Å². The van der Waals surface area contributed by atoms with Crippen molar-refractivity contribution in [2.75, 3.05) is 6.61 Å².